The Labute approximate surface area is 94.1 Å². The van der Waals surface area contributed by atoms with Crippen LogP contribution in [0, 0.1) is 0 Å². The molecule has 0 atom stereocenters. The van der Waals surface area contributed by atoms with Crippen LogP contribution in [0.4, 0.5) is 28.4 Å². The molecule has 0 radical (unpaired) electrons. The molecule has 82 valence electrons. The average molecular weight is 218 g/mol. The second kappa shape index (κ2) is 4.42. The summed E-state index contributed by atoms with van der Waals surface area (Å²) >= 11 is 0. The Morgan fingerprint density at radius 1 is 0.750 bits per heavy atom. The van der Waals surface area contributed by atoms with E-state index in [9.17, 15) is 0 Å². The van der Waals surface area contributed by atoms with Crippen molar-refractivity contribution >= 4 is 28.4 Å². The average Bonchev–Trinajstić information content (AvgIpc) is 2.27. The first-order valence-electron chi connectivity index (χ1n) is 5.20. The van der Waals surface area contributed by atoms with Crippen LogP contribution >= 0.6 is 0 Å². The van der Waals surface area contributed by atoms with Gasteiger partial charge in [-0.2, -0.15) is 0 Å². The molecule has 0 unspecified atom stereocenters. The van der Waals surface area contributed by atoms with Crippen LogP contribution in [0.2, 0.25) is 0 Å². The van der Waals surface area contributed by atoms with E-state index >= 15 is 0 Å². The lowest BCUT2D eigenvalue weighted by Gasteiger charge is -2.01. The molecule has 2 aromatic carbocycles. The summed E-state index contributed by atoms with van der Waals surface area (Å²) in [5.41, 5.74) is 17.1. The molecular formula is C12H18N4+4. The lowest BCUT2D eigenvalue weighted by molar-refractivity contribution is -0.484. The van der Waals surface area contributed by atoms with Crippen molar-refractivity contribution in [2.75, 3.05) is 0 Å². The highest BCUT2D eigenvalue weighted by molar-refractivity contribution is 5.57. The summed E-state index contributed by atoms with van der Waals surface area (Å²) in [6, 6.07) is 14.1. The van der Waals surface area contributed by atoms with E-state index in [1.54, 1.807) is 0 Å². The molecule has 4 heteroatoms. The van der Waals surface area contributed by atoms with Gasteiger partial charge in [-0.05, 0) is 0 Å². The number of benzene rings is 2. The molecule has 0 spiro atoms. The molecule has 2 rings (SSSR count). The maximum Gasteiger partial charge on any atom is 0.201 e. The third kappa shape index (κ3) is 2.44. The van der Waals surface area contributed by atoms with Gasteiger partial charge in [-0.3, -0.25) is 5.32 Å². The molecular weight excluding hydrogens is 200 g/mol. The van der Waals surface area contributed by atoms with Crippen LogP contribution in [0.1, 0.15) is 0 Å². The van der Waals surface area contributed by atoms with E-state index in [2.05, 4.69) is 34.7 Å². The van der Waals surface area contributed by atoms with Gasteiger partial charge in [-0.1, -0.05) is 0 Å². The quantitative estimate of drug-likeness (QED) is 0.457. The van der Waals surface area contributed by atoms with Gasteiger partial charge in [0.15, 0.2) is 5.69 Å². The summed E-state index contributed by atoms with van der Waals surface area (Å²) in [7, 11) is 0. The van der Waals surface area contributed by atoms with E-state index < -0.39 is 0 Å². The first kappa shape index (κ1) is 10.8. The van der Waals surface area contributed by atoms with E-state index in [-0.39, 0.29) is 0 Å². The van der Waals surface area contributed by atoms with E-state index in [0.717, 1.165) is 28.4 Å². The van der Waals surface area contributed by atoms with Gasteiger partial charge >= 0.3 is 0 Å². The third-order valence-electron chi connectivity index (χ3n) is 2.51. The normalized spacial score (nSPS) is 10.4. The standard InChI is InChI=1S/C12H14N4/c13-8-1-4-10(5-2-8)16-12-7-9(14)3-6-11(12)15/h1-7,16H,13-15H2/p+4. The van der Waals surface area contributed by atoms with Gasteiger partial charge in [-0.15, -0.1) is 0 Å². The van der Waals surface area contributed by atoms with Gasteiger partial charge < -0.3 is 17.2 Å². The lowest BCUT2D eigenvalue weighted by Crippen LogP contribution is -2.72. The second-order valence-corrected chi connectivity index (χ2v) is 3.92. The molecule has 0 saturated carbocycles. The molecule has 0 heterocycles. The third-order valence-corrected chi connectivity index (χ3v) is 2.51. The van der Waals surface area contributed by atoms with Gasteiger partial charge in [0.05, 0.1) is 6.07 Å². The van der Waals surface area contributed by atoms with Crippen molar-refractivity contribution in [1.29, 1.82) is 0 Å². The van der Waals surface area contributed by atoms with Crippen LogP contribution in [0.3, 0.4) is 0 Å². The van der Waals surface area contributed by atoms with Gasteiger partial charge in [-0.25, -0.2) is 0 Å². The first-order valence-corrected chi connectivity index (χ1v) is 5.20. The fourth-order valence-electron chi connectivity index (χ4n) is 1.57. The molecule has 2 aromatic rings. The summed E-state index contributed by atoms with van der Waals surface area (Å²) in [6.07, 6.45) is 0. The Kier molecular flexibility index (Phi) is 2.98. The van der Waals surface area contributed by atoms with E-state index in [0.29, 0.717) is 0 Å². The predicted octanol–water partition coefficient (Wildman–Crippen LogP) is -1.17. The fourth-order valence-corrected chi connectivity index (χ4v) is 1.57. The number of nitrogens with two attached hydrogens (primary N) is 1. The number of hydrogen-bond acceptors (Lipinski definition) is 0. The molecule has 0 saturated heterocycles. The molecule has 11 N–H and O–H groups in total. The summed E-state index contributed by atoms with van der Waals surface area (Å²) in [4.78, 5) is 0. The summed E-state index contributed by atoms with van der Waals surface area (Å²) in [6.45, 7) is 0. The minimum Gasteiger partial charge on any atom is -0.325 e. The van der Waals surface area contributed by atoms with Crippen molar-refractivity contribution in [3.05, 3.63) is 42.5 Å². The zero-order chi connectivity index (χ0) is 11.5. The van der Waals surface area contributed by atoms with Crippen LogP contribution in [0.5, 0.6) is 0 Å². The van der Waals surface area contributed by atoms with Crippen molar-refractivity contribution in [1.82, 2.24) is 0 Å². The van der Waals surface area contributed by atoms with Crippen molar-refractivity contribution in [2.45, 2.75) is 0 Å². The predicted molar refractivity (Wildman–Crippen MR) is 61.8 cm³/mol. The Balaban J connectivity index is 2.26. The van der Waals surface area contributed by atoms with Crippen molar-refractivity contribution in [3.63, 3.8) is 0 Å². The molecule has 0 bridgehead atoms. The van der Waals surface area contributed by atoms with Crippen molar-refractivity contribution in [3.8, 4) is 0 Å². The monoisotopic (exact) mass is 218 g/mol. The second-order valence-electron chi connectivity index (χ2n) is 3.92. The van der Waals surface area contributed by atoms with Crippen LogP contribution in [0.25, 0.3) is 0 Å². The Morgan fingerprint density at radius 3 is 2.06 bits per heavy atom. The highest BCUT2D eigenvalue weighted by Gasteiger charge is 2.09. The van der Waals surface area contributed by atoms with Crippen LogP contribution < -0.4 is 22.5 Å². The fraction of sp³-hybridized carbons (Fsp3) is 0. The van der Waals surface area contributed by atoms with Crippen LogP contribution in [-0.2, 0) is 0 Å². The highest BCUT2D eigenvalue weighted by Crippen LogP contribution is 2.15. The zero-order valence-electron chi connectivity index (χ0n) is 9.24. The largest absolute Gasteiger partial charge is 0.325 e. The molecule has 0 aliphatic rings. The first-order chi connectivity index (χ1) is 7.65. The van der Waals surface area contributed by atoms with Gasteiger partial charge in [0, 0.05) is 36.4 Å². The smallest absolute Gasteiger partial charge is 0.201 e. The van der Waals surface area contributed by atoms with Gasteiger partial charge in [0.2, 0.25) is 5.69 Å². The highest BCUT2D eigenvalue weighted by atomic mass is 14.9. The SMILES string of the molecule is [NH3+]c1ccc([NH2+]c2cc([NH3+])ccc2[NH3+])cc1. The number of quaternary nitrogens is 4. The summed E-state index contributed by atoms with van der Waals surface area (Å²) < 4.78 is 0. The molecule has 0 aliphatic carbocycles. The summed E-state index contributed by atoms with van der Waals surface area (Å²) in [5.74, 6) is 0. The Hall–Kier alpha value is -1.72. The molecule has 0 fully saturated rings. The van der Waals surface area contributed by atoms with Crippen LogP contribution in [0.15, 0.2) is 42.5 Å². The zero-order valence-corrected chi connectivity index (χ0v) is 9.24. The minimum atomic E-state index is 1.01. The molecule has 16 heavy (non-hydrogen) atoms. The molecule has 0 aliphatic heterocycles. The topological polar surface area (TPSA) is 99.5 Å². The van der Waals surface area contributed by atoms with Crippen molar-refractivity contribution < 1.29 is 22.5 Å². The Morgan fingerprint density at radius 2 is 1.38 bits per heavy atom. The van der Waals surface area contributed by atoms with Crippen LogP contribution in [-0.4, -0.2) is 0 Å². The maximum atomic E-state index is 4.00. The van der Waals surface area contributed by atoms with Crippen molar-refractivity contribution in [2.24, 2.45) is 0 Å². The molecule has 0 aromatic heterocycles. The lowest BCUT2D eigenvalue weighted by atomic mass is 10.2. The Bertz CT molecular complexity index is 491. The van der Waals surface area contributed by atoms with E-state index in [4.69, 9.17) is 0 Å². The maximum absolute atomic E-state index is 4.00. The number of rotatable bonds is 2. The number of hydrogen-bond donors (Lipinski definition) is 4. The van der Waals surface area contributed by atoms with Gasteiger partial charge in [0.1, 0.15) is 17.1 Å². The molecule has 0 amide bonds. The summed E-state index contributed by atoms with van der Waals surface area (Å²) in [5, 5.41) is 2.11. The van der Waals surface area contributed by atoms with Gasteiger partial charge in [0.25, 0.3) is 0 Å². The van der Waals surface area contributed by atoms with E-state index in [1.165, 1.54) is 0 Å². The minimum absolute atomic E-state index is 1.01. The van der Waals surface area contributed by atoms with E-state index in [1.807, 2.05) is 30.3 Å². The molecule has 4 nitrogen and oxygen atoms in total.